The molecule has 0 spiro atoms. The fourth-order valence-electron chi connectivity index (χ4n) is 3.54. The minimum atomic E-state index is -1.17. The Morgan fingerprint density at radius 3 is 2.20 bits per heavy atom. The SMILES string of the molecule is COCCC(NC(=O)CNC(=O)OCC1c2ccccc2-c2ccccc21)C(=O)O. The Balaban J connectivity index is 1.52. The van der Waals surface area contributed by atoms with Crippen LogP contribution in [0.25, 0.3) is 11.1 Å². The number of rotatable bonds is 9. The van der Waals surface area contributed by atoms with Crippen molar-refractivity contribution in [1.82, 2.24) is 10.6 Å². The first-order valence-electron chi connectivity index (χ1n) is 9.61. The van der Waals surface area contributed by atoms with E-state index in [1.54, 1.807) is 0 Å². The number of benzene rings is 2. The number of hydrogen-bond acceptors (Lipinski definition) is 5. The molecule has 0 fully saturated rings. The second kappa shape index (κ2) is 9.89. The highest BCUT2D eigenvalue weighted by Gasteiger charge is 2.29. The minimum Gasteiger partial charge on any atom is -0.480 e. The average Bonchev–Trinajstić information content (AvgIpc) is 3.07. The van der Waals surface area contributed by atoms with Gasteiger partial charge in [0.2, 0.25) is 5.91 Å². The molecule has 8 heteroatoms. The lowest BCUT2D eigenvalue weighted by Gasteiger charge is -2.16. The van der Waals surface area contributed by atoms with Crippen LogP contribution in [-0.2, 0) is 19.1 Å². The van der Waals surface area contributed by atoms with E-state index >= 15 is 0 Å². The maximum absolute atomic E-state index is 12.1. The zero-order valence-electron chi connectivity index (χ0n) is 16.6. The molecule has 158 valence electrons. The monoisotopic (exact) mass is 412 g/mol. The number of carboxylic acid groups (broad SMARTS) is 1. The van der Waals surface area contributed by atoms with Crippen LogP contribution < -0.4 is 10.6 Å². The van der Waals surface area contributed by atoms with E-state index in [1.165, 1.54) is 7.11 Å². The molecule has 0 bridgehead atoms. The van der Waals surface area contributed by atoms with Crippen LogP contribution in [0.3, 0.4) is 0 Å². The molecule has 0 aromatic heterocycles. The third-order valence-electron chi connectivity index (χ3n) is 4.98. The molecule has 0 radical (unpaired) electrons. The van der Waals surface area contributed by atoms with Gasteiger partial charge in [0.05, 0.1) is 0 Å². The van der Waals surface area contributed by atoms with E-state index in [1.807, 2.05) is 48.5 Å². The average molecular weight is 412 g/mol. The van der Waals surface area contributed by atoms with Crippen LogP contribution in [0.1, 0.15) is 23.5 Å². The highest BCUT2D eigenvalue weighted by atomic mass is 16.5. The molecule has 3 rings (SSSR count). The fraction of sp³-hybridized carbons (Fsp3) is 0.318. The third kappa shape index (κ3) is 4.96. The lowest BCUT2D eigenvalue weighted by atomic mass is 9.98. The normalized spacial score (nSPS) is 13.1. The van der Waals surface area contributed by atoms with Gasteiger partial charge in [-0.15, -0.1) is 0 Å². The number of fused-ring (bicyclic) bond motifs is 3. The molecule has 0 aliphatic heterocycles. The van der Waals surface area contributed by atoms with Crippen molar-refractivity contribution in [1.29, 1.82) is 0 Å². The van der Waals surface area contributed by atoms with E-state index < -0.39 is 24.0 Å². The molecule has 2 aromatic carbocycles. The van der Waals surface area contributed by atoms with Gasteiger partial charge >= 0.3 is 12.1 Å². The quantitative estimate of drug-likeness (QED) is 0.581. The van der Waals surface area contributed by atoms with E-state index in [0.29, 0.717) is 0 Å². The number of hydrogen-bond donors (Lipinski definition) is 3. The summed E-state index contributed by atoms with van der Waals surface area (Å²) in [5.41, 5.74) is 4.42. The number of ether oxygens (including phenoxy) is 2. The van der Waals surface area contributed by atoms with Gasteiger partial charge in [0, 0.05) is 26.1 Å². The maximum atomic E-state index is 12.1. The summed E-state index contributed by atoms with van der Waals surface area (Å²) in [6, 6.07) is 14.9. The second-order valence-corrected chi connectivity index (χ2v) is 6.92. The van der Waals surface area contributed by atoms with Crippen molar-refractivity contribution < 1.29 is 29.0 Å². The summed E-state index contributed by atoms with van der Waals surface area (Å²) in [6.45, 7) is -0.0580. The molecule has 1 aliphatic rings. The molecule has 0 saturated carbocycles. The summed E-state index contributed by atoms with van der Waals surface area (Å²) >= 11 is 0. The molecule has 0 saturated heterocycles. The zero-order chi connectivity index (χ0) is 21.5. The molecule has 1 atom stereocenters. The van der Waals surface area contributed by atoms with Crippen LogP contribution >= 0.6 is 0 Å². The molecule has 1 unspecified atom stereocenters. The number of carboxylic acids is 1. The summed E-state index contributed by atoms with van der Waals surface area (Å²) in [5, 5.41) is 13.8. The molecular formula is C22H24N2O6. The predicted molar refractivity (Wildman–Crippen MR) is 109 cm³/mol. The van der Waals surface area contributed by atoms with Gasteiger partial charge in [-0.25, -0.2) is 9.59 Å². The number of carbonyl (C=O) groups is 3. The maximum Gasteiger partial charge on any atom is 0.407 e. The molecule has 2 aromatic rings. The van der Waals surface area contributed by atoms with Gasteiger partial charge in [0.25, 0.3) is 0 Å². The summed E-state index contributed by atoms with van der Waals surface area (Å²) in [6.07, 6.45) is -0.613. The topological polar surface area (TPSA) is 114 Å². The Hall–Kier alpha value is -3.39. The molecule has 0 heterocycles. The Labute approximate surface area is 174 Å². The van der Waals surface area contributed by atoms with Gasteiger partial charge in [0.1, 0.15) is 19.2 Å². The van der Waals surface area contributed by atoms with Gasteiger partial charge < -0.3 is 25.2 Å². The highest BCUT2D eigenvalue weighted by Crippen LogP contribution is 2.44. The standard InChI is InChI=1S/C22H24N2O6/c1-29-11-10-19(21(26)27)24-20(25)12-23-22(28)30-13-18-16-8-4-2-6-14(16)15-7-3-5-9-17(15)18/h2-9,18-19H,10-13H2,1H3,(H,23,28)(H,24,25)(H,26,27). The summed E-state index contributed by atoms with van der Waals surface area (Å²) in [5.74, 6) is -1.86. The van der Waals surface area contributed by atoms with Crippen LogP contribution in [0.15, 0.2) is 48.5 Å². The van der Waals surface area contributed by atoms with Crippen LogP contribution in [-0.4, -0.2) is 56.0 Å². The van der Waals surface area contributed by atoms with E-state index in [9.17, 15) is 14.4 Å². The van der Waals surface area contributed by atoms with Crippen molar-refractivity contribution in [3.05, 3.63) is 59.7 Å². The Morgan fingerprint density at radius 1 is 1.03 bits per heavy atom. The number of alkyl carbamates (subject to hydrolysis) is 1. The van der Waals surface area contributed by atoms with E-state index in [2.05, 4.69) is 10.6 Å². The molecule has 2 amide bonds. The lowest BCUT2D eigenvalue weighted by molar-refractivity contribution is -0.142. The van der Waals surface area contributed by atoms with Crippen LogP contribution in [0, 0.1) is 0 Å². The minimum absolute atomic E-state index is 0.0811. The van der Waals surface area contributed by atoms with Crippen molar-refractivity contribution in [2.24, 2.45) is 0 Å². The summed E-state index contributed by atoms with van der Waals surface area (Å²) in [4.78, 5) is 35.1. The first-order valence-corrected chi connectivity index (χ1v) is 9.61. The highest BCUT2D eigenvalue weighted by molar-refractivity contribution is 5.86. The number of carbonyl (C=O) groups excluding carboxylic acids is 2. The number of methoxy groups -OCH3 is 1. The van der Waals surface area contributed by atoms with E-state index in [-0.39, 0.29) is 32.1 Å². The van der Waals surface area contributed by atoms with E-state index in [0.717, 1.165) is 22.3 Å². The second-order valence-electron chi connectivity index (χ2n) is 6.92. The molecular weight excluding hydrogens is 388 g/mol. The van der Waals surface area contributed by atoms with Crippen LogP contribution in [0.4, 0.5) is 4.79 Å². The Kier molecular flexibility index (Phi) is 7.03. The van der Waals surface area contributed by atoms with Crippen molar-refractivity contribution in [3.8, 4) is 11.1 Å². The molecule has 3 N–H and O–H groups in total. The van der Waals surface area contributed by atoms with Crippen LogP contribution in [0.5, 0.6) is 0 Å². The van der Waals surface area contributed by atoms with Gasteiger partial charge in [-0.1, -0.05) is 48.5 Å². The van der Waals surface area contributed by atoms with Gasteiger partial charge in [-0.3, -0.25) is 4.79 Å². The Bertz CT molecular complexity index is 884. The third-order valence-corrected chi connectivity index (χ3v) is 4.98. The van der Waals surface area contributed by atoms with Crippen molar-refractivity contribution in [3.63, 3.8) is 0 Å². The first-order chi connectivity index (χ1) is 14.5. The summed E-state index contributed by atoms with van der Waals surface area (Å²) < 4.78 is 10.2. The molecule has 1 aliphatic carbocycles. The van der Waals surface area contributed by atoms with Crippen molar-refractivity contribution >= 4 is 18.0 Å². The van der Waals surface area contributed by atoms with Gasteiger partial charge in [-0.2, -0.15) is 0 Å². The molecule has 8 nitrogen and oxygen atoms in total. The number of aliphatic carboxylic acids is 1. The zero-order valence-corrected chi connectivity index (χ0v) is 16.6. The van der Waals surface area contributed by atoms with Gasteiger partial charge in [-0.05, 0) is 22.3 Å². The molecule has 30 heavy (non-hydrogen) atoms. The summed E-state index contributed by atoms with van der Waals surface area (Å²) in [7, 11) is 1.44. The number of amides is 2. The largest absolute Gasteiger partial charge is 0.480 e. The number of nitrogens with one attached hydrogen (secondary N) is 2. The van der Waals surface area contributed by atoms with Crippen molar-refractivity contribution in [2.75, 3.05) is 26.9 Å². The predicted octanol–water partition coefficient (Wildman–Crippen LogP) is 2.13. The van der Waals surface area contributed by atoms with E-state index in [4.69, 9.17) is 14.6 Å². The van der Waals surface area contributed by atoms with Crippen LogP contribution in [0.2, 0.25) is 0 Å². The fourth-order valence-corrected chi connectivity index (χ4v) is 3.54. The van der Waals surface area contributed by atoms with Gasteiger partial charge in [0.15, 0.2) is 0 Å². The first kappa shape index (κ1) is 21.3. The smallest absolute Gasteiger partial charge is 0.407 e. The van der Waals surface area contributed by atoms with Crippen molar-refractivity contribution in [2.45, 2.75) is 18.4 Å². The Morgan fingerprint density at radius 2 is 1.63 bits per heavy atom. The lowest BCUT2D eigenvalue weighted by Crippen LogP contribution is -2.46.